The van der Waals surface area contributed by atoms with E-state index < -0.39 is 0 Å². The number of nitrogens with one attached hydrogen (secondary N) is 1. The molecule has 0 aliphatic rings. The van der Waals surface area contributed by atoms with E-state index in [0.717, 1.165) is 12.1 Å². The molecule has 0 amide bonds. The van der Waals surface area contributed by atoms with E-state index in [4.69, 9.17) is 27.7 Å². The molecule has 0 aliphatic heterocycles. The van der Waals surface area contributed by atoms with Gasteiger partial charge in [0.25, 0.3) is 0 Å². The molecule has 0 atom stereocenters. The van der Waals surface area contributed by atoms with Crippen molar-refractivity contribution >= 4 is 29.2 Å². The molecule has 6 heteroatoms. The van der Waals surface area contributed by atoms with Gasteiger partial charge in [-0.25, -0.2) is 0 Å². The molecule has 90 valence electrons. The first-order chi connectivity index (χ1) is 8.20. The topological polar surface area (TPSA) is 51.0 Å². The van der Waals surface area contributed by atoms with E-state index in [9.17, 15) is 0 Å². The molecule has 0 aliphatic carbocycles. The molecule has 2 rings (SSSR count). The number of nitrogens with zero attached hydrogens (tertiary/aromatic N) is 2. The van der Waals surface area contributed by atoms with Crippen molar-refractivity contribution in [2.75, 3.05) is 11.9 Å². The molecule has 0 fully saturated rings. The fourth-order valence-electron chi connectivity index (χ4n) is 1.41. The number of rotatable bonds is 4. The Morgan fingerprint density at radius 2 is 2.00 bits per heavy atom. The summed E-state index contributed by atoms with van der Waals surface area (Å²) in [7, 11) is 0. The maximum absolute atomic E-state index is 6.06. The normalized spacial score (nSPS) is 10.5. The van der Waals surface area contributed by atoms with Gasteiger partial charge in [0.2, 0.25) is 0 Å². The molecule has 0 saturated carbocycles. The molecular formula is C11H11Cl2N3O. The lowest BCUT2D eigenvalue weighted by Gasteiger charge is -2.02. The predicted octanol–water partition coefficient (Wildman–Crippen LogP) is 3.40. The zero-order chi connectivity index (χ0) is 12.3. The Balaban J connectivity index is 2.19. The second-order valence-electron chi connectivity index (χ2n) is 3.42. The van der Waals surface area contributed by atoms with Gasteiger partial charge >= 0.3 is 6.01 Å². The molecule has 2 aromatic rings. The van der Waals surface area contributed by atoms with Crippen LogP contribution in [-0.2, 0) is 6.42 Å². The minimum atomic E-state index is 0.408. The van der Waals surface area contributed by atoms with E-state index >= 15 is 0 Å². The highest BCUT2D eigenvalue weighted by Crippen LogP contribution is 2.26. The fraction of sp³-hybridized carbons (Fsp3) is 0.273. The number of hydrogen-bond acceptors (Lipinski definition) is 4. The smallest absolute Gasteiger partial charge is 0.321 e. The van der Waals surface area contributed by atoms with Gasteiger partial charge in [0, 0.05) is 23.0 Å². The number of anilines is 1. The van der Waals surface area contributed by atoms with Crippen LogP contribution in [-0.4, -0.2) is 16.7 Å². The lowest BCUT2D eigenvalue weighted by Crippen LogP contribution is -1.97. The molecule has 0 saturated heterocycles. The summed E-state index contributed by atoms with van der Waals surface area (Å²) < 4.78 is 5.00. The van der Waals surface area contributed by atoms with Crippen molar-refractivity contribution in [1.82, 2.24) is 10.1 Å². The third kappa shape index (κ3) is 2.90. The van der Waals surface area contributed by atoms with Crippen LogP contribution in [0.2, 0.25) is 10.0 Å². The minimum absolute atomic E-state index is 0.408. The van der Waals surface area contributed by atoms with Gasteiger partial charge in [0.15, 0.2) is 5.82 Å². The largest absolute Gasteiger partial charge is 0.338 e. The number of benzene rings is 1. The summed E-state index contributed by atoms with van der Waals surface area (Å²) in [4.78, 5) is 4.17. The third-order valence-electron chi connectivity index (χ3n) is 2.19. The van der Waals surface area contributed by atoms with Gasteiger partial charge in [0.05, 0.1) is 0 Å². The van der Waals surface area contributed by atoms with Crippen LogP contribution in [0.1, 0.15) is 18.3 Å². The fourth-order valence-corrected chi connectivity index (χ4v) is 1.94. The molecule has 17 heavy (non-hydrogen) atoms. The van der Waals surface area contributed by atoms with Crippen LogP contribution in [0.25, 0.3) is 0 Å². The zero-order valence-electron chi connectivity index (χ0n) is 9.20. The van der Waals surface area contributed by atoms with Gasteiger partial charge in [-0.05, 0) is 24.6 Å². The standard InChI is InChI=1S/C11H11Cl2N3O/c1-2-14-11-15-10(16-17-11)6-7-8(12)4-3-5-9(7)13/h3-5H,2,6H2,1H3,(H,14,15,16). The van der Waals surface area contributed by atoms with E-state index in [1.807, 2.05) is 6.92 Å². The Labute approximate surface area is 109 Å². The summed E-state index contributed by atoms with van der Waals surface area (Å²) in [6.45, 7) is 2.68. The van der Waals surface area contributed by atoms with Crippen molar-refractivity contribution in [3.8, 4) is 0 Å². The van der Waals surface area contributed by atoms with Crippen LogP contribution >= 0.6 is 23.2 Å². The summed E-state index contributed by atoms with van der Waals surface area (Å²) in [5.41, 5.74) is 0.805. The summed E-state index contributed by atoms with van der Waals surface area (Å²) in [5, 5.41) is 7.99. The Bertz CT molecular complexity index is 493. The molecule has 1 aromatic carbocycles. The molecule has 1 heterocycles. The number of aromatic nitrogens is 2. The molecule has 0 unspecified atom stereocenters. The zero-order valence-corrected chi connectivity index (χ0v) is 10.7. The van der Waals surface area contributed by atoms with Crippen LogP contribution in [0.5, 0.6) is 0 Å². The van der Waals surface area contributed by atoms with Crippen molar-refractivity contribution in [2.45, 2.75) is 13.3 Å². The Kier molecular flexibility index (Phi) is 3.86. The maximum Gasteiger partial charge on any atom is 0.321 e. The van der Waals surface area contributed by atoms with Crippen molar-refractivity contribution in [1.29, 1.82) is 0 Å². The average molecular weight is 272 g/mol. The van der Waals surface area contributed by atoms with E-state index in [0.29, 0.717) is 28.3 Å². The second-order valence-corrected chi connectivity index (χ2v) is 4.24. The summed E-state index contributed by atoms with van der Waals surface area (Å²) in [6.07, 6.45) is 0.452. The van der Waals surface area contributed by atoms with Gasteiger partial charge in [-0.2, -0.15) is 4.98 Å². The number of halogens is 2. The molecule has 4 nitrogen and oxygen atoms in total. The lowest BCUT2D eigenvalue weighted by molar-refractivity contribution is 0.424. The molecule has 1 aromatic heterocycles. The first kappa shape index (κ1) is 12.2. The van der Waals surface area contributed by atoms with E-state index in [-0.39, 0.29) is 0 Å². The van der Waals surface area contributed by atoms with Crippen molar-refractivity contribution < 1.29 is 4.52 Å². The van der Waals surface area contributed by atoms with Gasteiger partial charge in [-0.3, -0.25) is 0 Å². The highest BCUT2D eigenvalue weighted by atomic mass is 35.5. The summed E-state index contributed by atoms with van der Waals surface area (Å²) >= 11 is 12.1. The van der Waals surface area contributed by atoms with Crippen LogP contribution in [0.4, 0.5) is 6.01 Å². The Morgan fingerprint density at radius 1 is 1.29 bits per heavy atom. The predicted molar refractivity (Wildman–Crippen MR) is 67.7 cm³/mol. The van der Waals surface area contributed by atoms with Gasteiger partial charge in [-0.15, -0.1) is 0 Å². The van der Waals surface area contributed by atoms with Crippen molar-refractivity contribution in [3.05, 3.63) is 39.6 Å². The molecule has 1 N–H and O–H groups in total. The quantitative estimate of drug-likeness (QED) is 0.926. The SMILES string of the molecule is CCNc1nc(Cc2c(Cl)cccc2Cl)no1. The lowest BCUT2D eigenvalue weighted by atomic mass is 10.1. The summed E-state index contributed by atoms with van der Waals surface area (Å²) in [5.74, 6) is 0.552. The maximum atomic E-state index is 6.06. The van der Waals surface area contributed by atoms with E-state index in [1.165, 1.54) is 0 Å². The van der Waals surface area contributed by atoms with Crippen LogP contribution in [0.15, 0.2) is 22.7 Å². The summed E-state index contributed by atoms with van der Waals surface area (Å²) in [6, 6.07) is 5.78. The average Bonchev–Trinajstić information content (AvgIpc) is 2.72. The van der Waals surface area contributed by atoms with Crippen LogP contribution < -0.4 is 5.32 Å². The first-order valence-corrected chi connectivity index (χ1v) is 5.95. The van der Waals surface area contributed by atoms with Crippen molar-refractivity contribution in [2.24, 2.45) is 0 Å². The first-order valence-electron chi connectivity index (χ1n) is 5.20. The minimum Gasteiger partial charge on any atom is -0.338 e. The molecule has 0 bridgehead atoms. The highest BCUT2D eigenvalue weighted by molar-refractivity contribution is 6.36. The monoisotopic (exact) mass is 271 g/mol. The van der Waals surface area contributed by atoms with E-state index in [2.05, 4.69) is 15.5 Å². The molecule has 0 radical (unpaired) electrons. The Morgan fingerprint density at radius 3 is 2.65 bits per heavy atom. The van der Waals surface area contributed by atoms with Crippen LogP contribution in [0.3, 0.4) is 0 Å². The second kappa shape index (κ2) is 5.38. The van der Waals surface area contributed by atoms with Crippen LogP contribution in [0, 0.1) is 0 Å². The van der Waals surface area contributed by atoms with E-state index in [1.54, 1.807) is 18.2 Å². The molecule has 0 spiro atoms. The Hall–Kier alpha value is -1.26. The third-order valence-corrected chi connectivity index (χ3v) is 2.90. The van der Waals surface area contributed by atoms with Gasteiger partial charge in [0.1, 0.15) is 0 Å². The highest BCUT2D eigenvalue weighted by Gasteiger charge is 2.11. The molecular weight excluding hydrogens is 261 g/mol. The van der Waals surface area contributed by atoms with Crippen molar-refractivity contribution in [3.63, 3.8) is 0 Å². The number of hydrogen-bond donors (Lipinski definition) is 1. The van der Waals surface area contributed by atoms with Gasteiger partial charge < -0.3 is 9.84 Å². The van der Waals surface area contributed by atoms with Gasteiger partial charge in [-0.1, -0.05) is 34.4 Å².